The van der Waals surface area contributed by atoms with Gasteiger partial charge in [0.1, 0.15) is 16.2 Å². The fourth-order valence-electron chi connectivity index (χ4n) is 2.65. The molecule has 8 heteroatoms. The molecule has 1 amide bonds. The van der Waals surface area contributed by atoms with E-state index >= 15 is 0 Å². The van der Waals surface area contributed by atoms with Crippen LogP contribution in [0.2, 0.25) is 0 Å². The Morgan fingerprint density at radius 2 is 2.14 bits per heavy atom. The van der Waals surface area contributed by atoms with Gasteiger partial charge in [0.2, 0.25) is 0 Å². The summed E-state index contributed by atoms with van der Waals surface area (Å²) in [6.07, 6.45) is -0.649. The Morgan fingerprint density at radius 1 is 1.50 bits per heavy atom. The minimum atomic E-state index is -1.54. The highest BCUT2D eigenvalue weighted by Crippen LogP contribution is 2.35. The molecule has 1 aliphatic carbocycles. The van der Waals surface area contributed by atoms with E-state index in [1.165, 1.54) is 0 Å². The molecule has 1 fully saturated rings. The summed E-state index contributed by atoms with van der Waals surface area (Å²) in [6.45, 7) is 0. The first-order valence-corrected chi connectivity index (χ1v) is 7.86. The van der Waals surface area contributed by atoms with Gasteiger partial charge in [-0.25, -0.2) is 4.79 Å². The Kier molecular flexibility index (Phi) is 5.20. The zero-order chi connectivity index (χ0) is 16.4. The third-order valence-corrected chi connectivity index (χ3v) is 3.80. The number of ketones is 1. The van der Waals surface area contributed by atoms with E-state index in [4.69, 9.17) is 12.6 Å². The van der Waals surface area contributed by atoms with Gasteiger partial charge in [-0.05, 0) is 24.8 Å². The molecule has 5 nitrogen and oxygen atoms in total. The lowest BCUT2D eigenvalue weighted by atomic mass is 9.74. The molecule has 0 spiro atoms. The smallest absolute Gasteiger partial charge is 0.409 e. The Labute approximate surface area is 138 Å². The zero-order valence-corrected chi connectivity index (χ0v) is 13.9. The molecule has 22 heavy (non-hydrogen) atoms. The van der Waals surface area contributed by atoms with Crippen molar-refractivity contribution in [3.05, 3.63) is 35.9 Å². The number of aliphatic hydroxyl groups excluding tert-OH is 1. The number of ether oxygens (including phenoxy) is 1. The van der Waals surface area contributed by atoms with Gasteiger partial charge in [0, 0.05) is 0 Å². The van der Waals surface area contributed by atoms with Crippen LogP contribution in [0.1, 0.15) is 24.8 Å². The molecule has 1 saturated carbocycles. The second kappa shape index (κ2) is 6.61. The molecule has 0 bridgehead atoms. The summed E-state index contributed by atoms with van der Waals surface area (Å²) in [6, 6.07) is 8.79. The number of thiol groups is 1. The lowest BCUT2D eigenvalue weighted by Crippen LogP contribution is -2.58. The van der Waals surface area contributed by atoms with E-state index in [9.17, 15) is 14.7 Å². The number of rotatable bonds is 3. The number of amides is 1. The maximum Gasteiger partial charge on any atom is 0.409 e. The molecule has 1 aromatic carbocycles. The quantitative estimate of drug-likeness (QED) is 0.336. The van der Waals surface area contributed by atoms with Crippen LogP contribution in [0.5, 0.6) is 0 Å². The maximum absolute atomic E-state index is 12.6. The molecule has 1 aromatic rings. The van der Waals surface area contributed by atoms with Crippen molar-refractivity contribution in [1.29, 1.82) is 0 Å². The zero-order valence-electron chi connectivity index (χ0n) is 11.9. The van der Waals surface area contributed by atoms with Crippen molar-refractivity contribution in [3.8, 4) is 0 Å². The molecule has 0 heterocycles. The standard InChI is InChI=1S/C14H17BNO4PS/c15-14(21,22)20-12(19)16-13(9-5-2-1-3-6-9)8-4-7-10(17)11(13)18/h1-3,5-6,10,17,22H,4,7-8,21H2,(H,16,19)/t10?,13-,14?/m1/s1. The first-order chi connectivity index (χ1) is 10.2. The van der Waals surface area contributed by atoms with Gasteiger partial charge in [-0.15, -0.1) is 12.6 Å². The summed E-state index contributed by atoms with van der Waals surface area (Å²) < 4.78 is 3.35. The number of Topliss-reactive ketones (excluding diaryl/α,β-unsaturated/α-hetero) is 1. The van der Waals surface area contributed by atoms with E-state index < -0.39 is 28.1 Å². The minimum Gasteiger partial charge on any atom is -0.439 e. The highest BCUT2D eigenvalue weighted by atomic mass is 32.1. The number of benzene rings is 1. The highest BCUT2D eigenvalue weighted by molar-refractivity contribution is 7.88. The van der Waals surface area contributed by atoms with Gasteiger partial charge in [-0.1, -0.05) is 39.6 Å². The van der Waals surface area contributed by atoms with Crippen molar-refractivity contribution >= 4 is 41.6 Å². The summed E-state index contributed by atoms with van der Waals surface area (Å²) in [7, 11) is 7.55. The fraction of sp³-hybridized carbons (Fsp3) is 0.429. The van der Waals surface area contributed by atoms with Gasteiger partial charge in [0.05, 0.1) is 0 Å². The number of aliphatic hydroxyl groups is 1. The number of hydrogen-bond acceptors (Lipinski definition) is 5. The van der Waals surface area contributed by atoms with Crippen LogP contribution in [0, 0.1) is 0 Å². The van der Waals surface area contributed by atoms with E-state index in [0.717, 1.165) is 0 Å². The van der Waals surface area contributed by atoms with Crippen molar-refractivity contribution in [2.45, 2.75) is 35.5 Å². The lowest BCUT2D eigenvalue weighted by molar-refractivity contribution is -0.137. The molecule has 0 aromatic heterocycles. The molecule has 3 unspecified atom stereocenters. The lowest BCUT2D eigenvalue weighted by Gasteiger charge is -2.39. The van der Waals surface area contributed by atoms with Crippen molar-refractivity contribution in [1.82, 2.24) is 5.32 Å². The van der Waals surface area contributed by atoms with Gasteiger partial charge in [-0.2, -0.15) is 0 Å². The molecule has 2 radical (unpaired) electrons. The number of carbonyl (C=O) groups is 2. The van der Waals surface area contributed by atoms with E-state index in [2.05, 4.69) is 27.2 Å². The Morgan fingerprint density at radius 3 is 2.73 bits per heavy atom. The van der Waals surface area contributed by atoms with Crippen LogP contribution in [0.15, 0.2) is 30.3 Å². The largest absolute Gasteiger partial charge is 0.439 e. The first-order valence-electron chi connectivity index (χ1n) is 6.84. The number of hydrogen-bond donors (Lipinski definition) is 3. The molecule has 0 aliphatic heterocycles. The van der Waals surface area contributed by atoms with Crippen LogP contribution in [0.3, 0.4) is 0 Å². The summed E-state index contributed by atoms with van der Waals surface area (Å²) >= 11 is 3.89. The minimum absolute atomic E-state index is 0.376. The number of carbonyl (C=O) groups excluding carboxylic acids is 2. The van der Waals surface area contributed by atoms with Crippen LogP contribution >= 0.6 is 21.9 Å². The SMILES string of the molecule is [B]C(P)(S)OC(=O)N[C@@]1(c2ccccc2)CCCC(O)C1=O. The highest BCUT2D eigenvalue weighted by Gasteiger charge is 2.47. The number of alkyl carbamates (subject to hydrolysis) is 1. The van der Waals surface area contributed by atoms with E-state index in [1.54, 1.807) is 30.3 Å². The summed E-state index contributed by atoms with van der Waals surface area (Å²) in [5.74, 6) is -0.451. The van der Waals surface area contributed by atoms with Crippen LogP contribution in [-0.4, -0.2) is 35.5 Å². The van der Waals surface area contributed by atoms with E-state index in [1.807, 2.05) is 0 Å². The van der Waals surface area contributed by atoms with Crippen molar-refractivity contribution in [2.24, 2.45) is 0 Å². The third kappa shape index (κ3) is 3.83. The molecular weight excluding hydrogens is 320 g/mol. The predicted octanol–water partition coefficient (Wildman–Crippen LogP) is 1.31. The molecular formula is C14H17BNO4PS. The second-order valence-corrected chi connectivity index (χ2v) is 7.35. The fourth-order valence-corrected chi connectivity index (χ4v) is 2.84. The summed E-state index contributed by atoms with van der Waals surface area (Å²) in [5, 5.41) is 12.5. The van der Waals surface area contributed by atoms with Gasteiger partial charge >= 0.3 is 6.09 Å². The molecule has 2 rings (SSSR count). The third-order valence-electron chi connectivity index (χ3n) is 3.59. The molecule has 2 N–H and O–H groups in total. The molecule has 4 atom stereocenters. The summed E-state index contributed by atoms with van der Waals surface area (Å²) in [5.41, 5.74) is -0.721. The average molecular weight is 337 g/mol. The van der Waals surface area contributed by atoms with Gasteiger partial charge in [0.25, 0.3) is 0 Å². The molecule has 0 saturated heterocycles. The number of nitrogens with one attached hydrogen (secondary N) is 1. The van der Waals surface area contributed by atoms with Crippen LogP contribution in [0.4, 0.5) is 4.79 Å². The average Bonchev–Trinajstić information content (AvgIpc) is 2.43. The van der Waals surface area contributed by atoms with Gasteiger partial charge in [0.15, 0.2) is 13.6 Å². The van der Waals surface area contributed by atoms with Crippen LogP contribution in [0.25, 0.3) is 0 Å². The van der Waals surface area contributed by atoms with Crippen LogP contribution < -0.4 is 5.32 Å². The van der Waals surface area contributed by atoms with Gasteiger partial charge < -0.3 is 15.2 Å². The first kappa shape index (κ1) is 17.3. The van der Waals surface area contributed by atoms with Crippen molar-refractivity contribution in [2.75, 3.05) is 0 Å². The second-order valence-electron chi connectivity index (χ2n) is 5.31. The normalized spacial score (nSPS) is 27.8. The monoisotopic (exact) mass is 337 g/mol. The predicted molar refractivity (Wildman–Crippen MR) is 89.8 cm³/mol. The Bertz CT molecular complexity index is 566. The van der Waals surface area contributed by atoms with Crippen LogP contribution in [-0.2, 0) is 15.1 Å². The molecule has 116 valence electrons. The van der Waals surface area contributed by atoms with E-state index in [-0.39, 0.29) is 0 Å². The van der Waals surface area contributed by atoms with Gasteiger partial charge in [-0.3, -0.25) is 4.79 Å². The summed E-state index contributed by atoms with van der Waals surface area (Å²) in [4.78, 5) is 24.6. The maximum atomic E-state index is 12.6. The topological polar surface area (TPSA) is 75.6 Å². The molecule has 1 aliphatic rings. The van der Waals surface area contributed by atoms with E-state index in [0.29, 0.717) is 24.8 Å². The van der Waals surface area contributed by atoms with Crippen molar-refractivity contribution in [3.63, 3.8) is 0 Å². The van der Waals surface area contributed by atoms with Crippen molar-refractivity contribution < 1.29 is 19.4 Å². The Hall–Kier alpha value is -1.04. The Balaban J connectivity index is 2.35.